The molecule has 0 fully saturated rings. The van der Waals surface area contributed by atoms with Gasteiger partial charge in [-0.25, -0.2) is 15.0 Å². The highest BCUT2D eigenvalue weighted by Gasteiger charge is 2.16. The van der Waals surface area contributed by atoms with Gasteiger partial charge in [0.05, 0.1) is 11.7 Å². The highest BCUT2D eigenvalue weighted by Crippen LogP contribution is 2.31. The minimum Gasteiger partial charge on any atom is -0.369 e. The van der Waals surface area contributed by atoms with Crippen LogP contribution >= 0.6 is 0 Å². The quantitative estimate of drug-likeness (QED) is 0.600. The molecule has 0 radical (unpaired) electrons. The van der Waals surface area contributed by atoms with Crippen molar-refractivity contribution in [1.29, 1.82) is 0 Å². The molecule has 0 aliphatic rings. The summed E-state index contributed by atoms with van der Waals surface area (Å²) in [6.45, 7) is 5.02. The van der Waals surface area contributed by atoms with Crippen LogP contribution in [0.4, 0.5) is 5.82 Å². The summed E-state index contributed by atoms with van der Waals surface area (Å²) in [6.07, 6.45) is 6.35. The highest BCUT2D eigenvalue weighted by molar-refractivity contribution is 5.96. The molecule has 4 aromatic heterocycles. The van der Waals surface area contributed by atoms with E-state index in [1.807, 2.05) is 25.1 Å². The van der Waals surface area contributed by atoms with E-state index < -0.39 is 0 Å². The van der Waals surface area contributed by atoms with Gasteiger partial charge in [0, 0.05) is 41.0 Å². The van der Waals surface area contributed by atoms with Crippen molar-refractivity contribution in [2.45, 2.75) is 20.3 Å². The number of rotatable bonds is 4. The summed E-state index contributed by atoms with van der Waals surface area (Å²) in [5.41, 5.74) is 3.68. The fourth-order valence-corrected chi connectivity index (χ4v) is 2.91. The zero-order chi connectivity index (χ0) is 16.5. The van der Waals surface area contributed by atoms with Crippen LogP contribution in [0.25, 0.3) is 33.3 Å². The summed E-state index contributed by atoms with van der Waals surface area (Å²) >= 11 is 0. The van der Waals surface area contributed by atoms with Crippen LogP contribution in [-0.2, 0) is 0 Å². The lowest BCUT2D eigenvalue weighted by molar-refractivity contribution is 0.970. The summed E-state index contributed by atoms with van der Waals surface area (Å²) in [5.74, 6) is 1.53. The van der Waals surface area contributed by atoms with Gasteiger partial charge in [0.1, 0.15) is 11.5 Å². The van der Waals surface area contributed by atoms with E-state index in [4.69, 9.17) is 9.97 Å². The molecule has 0 atom stereocenters. The van der Waals surface area contributed by atoms with Crippen LogP contribution in [0.5, 0.6) is 0 Å². The van der Waals surface area contributed by atoms with E-state index in [1.165, 1.54) is 0 Å². The summed E-state index contributed by atoms with van der Waals surface area (Å²) < 4.78 is 0. The van der Waals surface area contributed by atoms with E-state index in [-0.39, 0.29) is 0 Å². The summed E-state index contributed by atoms with van der Waals surface area (Å²) in [7, 11) is 0. The molecule has 6 nitrogen and oxygen atoms in total. The predicted octanol–water partition coefficient (Wildman–Crippen LogP) is 3.70. The lowest BCUT2D eigenvalue weighted by Crippen LogP contribution is -2.05. The van der Waals surface area contributed by atoms with Crippen LogP contribution in [0.3, 0.4) is 0 Å². The van der Waals surface area contributed by atoms with Crippen molar-refractivity contribution in [3.63, 3.8) is 0 Å². The molecule has 0 saturated heterocycles. The van der Waals surface area contributed by atoms with Crippen LogP contribution in [-0.4, -0.2) is 31.5 Å². The van der Waals surface area contributed by atoms with E-state index in [0.717, 1.165) is 52.0 Å². The molecule has 0 aliphatic heterocycles. The third-order valence-electron chi connectivity index (χ3n) is 4.02. The van der Waals surface area contributed by atoms with Gasteiger partial charge >= 0.3 is 0 Å². The number of aryl methyl sites for hydroxylation is 1. The average Bonchev–Trinajstić information content (AvgIpc) is 2.95. The maximum atomic E-state index is 4.79. The van der Waals surface area contributed by atoms with E-state index in [0.29, 0.717) is 5.82 Å². The molecular formula is C18H18N6. The van der Waals surface area contributed by atoms with Crippen molar-refractivity contribution in [2.75, 3.05) is 11.9 Å². The first-order valence-corrected chi connectivity index (χ1v) is 8.07. The van der Waals surface area contributed by atoms with Crippen molar-refractivity contribution in [3.05, 3.63) is 42.5 Å². The second-order valence-electron chi connectivity index (χ2n) is 5.74. The molecule has 0 unspecified atom stereocenters. The molecule has 0 bridgehead atoms. The number of nitrogens with one attached hydrogen (secondary N) is 2. The standard InChI is InChI=1S/C18H18N6/c1-3-7-20-16-12-6-9-19-10-14(12)23-18(24-16)15-11(2)22-17-13(15)5-4-8-21-17/h4-6,8-10H,3,7H2,1-2H3,(H,21,22)(H,20,23,24). The maximum Gasteiger partial charge on any atom is 0.164 e. The Morgan fingerprint density at radius 3 is 2.92 bits per heavy atom. The molecule has 4 rings (SSSR count). The largest absolute Gasteiger partial charge is 0.369 e. The molecule has 4 heterocycles. The van der Waals surface area contributed by atoms with Crippen molar-refractivity contribution in [3.8, 4) is 11.4 Å². The molecule has 0 aromatic carbocycles. The van der Waals surface area contributed by atoms with E-state index in [9.17, 15) is 0 Å². The van der Waals surface area contributed by atoms with Gasteiger partial charge in [-0.3, -0.25) is 4.98 Å². The Hall–Kier alpha value is -3.02. The number of H-pyrrole nitrogens is 1. The van der Waals surface area contributed by atoms with Crippen LogP contribution in [0.15, 0.2) is 36.8 Å². The van der Waals surface area contributed by atoms with Crippen molar-refractivity contribution < 1.29 is 0 Å². The van der Waals surface area contributed by atoms with Gasteiger partial charge in [-0.2, -0.15) is 0 Å². The molecule has 4 aromatic rings. The van der Waals surface area contributed by atoms with E-state index in [1.54, 1.807) is 18.6 Å². The fraction of sp³-hybridized carbons (Fsp3) is 0.222. The Morgan fingerprint density at radius 2 is 2.04 bits per heavy atom. The van der Waals surface area contributed by atoms with Crippen LogP contribution in [0.1, 0.15) is 19.0 Å². The van der Waals surface area contributed by atoms with Gasteiger partial charge < -0.3 is 10.3 Å². The average molecular weight is 318 g/mol. The second kappa shape index (κ2) is 5.88. The number of pyridine rings is 2. The number of aromatic amines is 1. The predicted molar refractivity (Wildman–Crippen MR) is 95.9 cm³/mol. The molecule has 0 aliphatic carbocycles. The molecule has 0 amide bonds. The number of hydrogen-bond acceptors (Lipinski definition) is 5. The Balaban J connectivity index is 1.97. The number of fused-ring (bicyclic) bond motifs is 2. The SMILES string of the molecule is CCCNc1nc(-c2c(C)[nH]c3ncccc23)nc2cnccc12. The third-order valence-corrected chi connectivity index (χ3v) is 4.02. The zero-order valence-corrected chi connectivity index (χ0v) is 13.7. The summed E-state index contributed by atoms with van der Waals surface area (Å²) in [5, 5.41) is 5.41. The van der Waals surface area contributed by atoms with Crippen molar-refractivity contribution in [1.82, 2.24) is 24.9 Å². The maximum absolute atomic E-state index is 4.79. The zero-order valence-electron chi connectivity index (χ0n) is 13.7. The highest BCUT2D eigenvalue weighted by atomic mass is 15.0. The minimum atomic E-state index is 0.686. The smallest absolute Gasteiger partial charge is 0.164 e. The molecule has 120 valence electrons. The summed E-state index contributed by atoms with van der Waals surface area (Å²) in [4.78, 5) is 21.4. The number of anilines is 1. The molecule has 0 saturated carbocycles. The van der Waals surface area contributed by atoms with Crippen LogP contribution in [0, 0.1) is 6.92 Å². The van der Waals surface area contributed by atoms with Crippen LogP contribution < -0.4 is 5.32 Å². The summed E-state index contributed by atoms with van der Waals surface area (Å²) in [6, 6.07) is 5.91. The van der Waals surface area contributed by atoms with Gasteiger partial charge in [0.2, 0.25) is 0 Å². The lowest BCUT2D eigenvalue weighted by Gasteiger charge is -2.10. The van der Waals surface area contributed by atoms with Crippen molar-refractivity contribution >= 4 is 27.8 Å². The van der Waals surface area contributed by atoms with Gasteiger partial charge in [0.15, 0.2) is 5.82 Å². The fourth-order valence-electron chi connectivity index (χ4n) is 2.91. The van der Waals surface area contributed by atoms with Crippen LogP contribution in [0.2, 0.25) is 0 Å². The minimum absolute atomic E-state index is 0.686. The third kappa shape index (κ3) is 2.36. The van der Waals surface area contributed by atoms with Gasteiger partial charge in [-0.1, -0.05) is 6.92 Å². The lowest BCUT2D eigenvalue weighted by atomic mass is 10.1. The first-order valence-electron chi connectivity index (χ1n) is 8.07. The monoisotopic (exact) mass is 318 g/mol. The first kappa shape index (κ1) is 14.6. The second-order valence-corrected chi connectivity index (χ2v) is 5.74. The van der Waals surface area contributed by atoms with Gasteiger partial charge in [-0.05, 0) is 31.5 Å². The Bertz CT molecular complexity index is 1020. The Labute approximate surface area is 139 Å². The van der Waals surface area contributed by atoms with E-state index in [2.05, 4.69) is 27.2 Å². The molecular weight excluding hydrogens is 300 g/mol. The normalized spacial score (nSPS) is 11.2. The van der Waals surface area contributed by atoms with Gasteiger partial charge in [-0.15, -0.1) is 0 Å². The van der Waals surface area contributed by atoms with Crippen molar-refractivity contribution in [2.24, 2.45) is 0 Å². The first-order chi connectivity index (χ1) is 11.8. The van der Waals surface area contributed by atoms with E-state index >= 15 is 0 Å². The Morgan fingerprint density at radius 1 is 1.12 bits per heavy atom. The molecule has 0 spiro atoms. The number of aromatic nitrogens is 5. The number of nitrogens with zero attached hydrogens (tertiary/aromatic N) is 4. The van der Waals surface area contributed by atoms with Gasteiger partial charge in [0.25, 0.3) is 0 Å². The number of hydrogen-bond donors (Lipinski definition) is 2. The molecule has 24 heavy (non-hydrogen) atoms. The topological polar surface area (TPSA) is 79.4 Å². The molecule has 2 N–H and O–H groups in total. The Kier molecular flexibility index (Phi) is 3.57. The molecule has 6 heteroatoms.